The normalized spacial score (nSPS) is 11.5. The van der Waals surface area contributed by atoms with Crippen molar-refractivity contribution in [1.29, 1.82) is 0 Å². The zero-order valence-corrected chi connectivity index (χ0v) is 12.9. The molecule has 1 amide bonds. The molecule has 0 fully saturated rings. The van der Waals surface area contributed by atoms with Gasteiger partial charge < -0.3 is 11.5 Å². The molecule has 0 atom stereocenters. The lowest BCUT2D eigenvalue weighted by molar-refractivity contribution is 0.100. The Morgan fingerprint density at radius 3 is 2.78 bits per heavy atom. The fraction of sp³-hybridized carbons (Fsp3) is 0.214. The highest BCUT2D eigenvalue weighted by atomic mass is 32.1. The number of nitrogens with two attached hydrogens (primary N) is 2. The number of nitrogens with zero attached hydrogens (tertiary/aromatic N) is 3. The fourth-order valence-corrected chi connectivity index (χ4v) is 3.32. The van der Waals surface area contributed by atoms with Crippen LogP contribution in [0.15, 0.2) is 18.5 Å². The second-order valence-electron chi connectivity index (χ2n) is 4.87. The Hall–Kier alpha value is -2.55. The maximum atomic E-state index is 13.1. The minimum Gasteiger partial charge on any atom is -0.397 e. The number of anilines is 1. The van der Waals surface area contributed by atoms with E-state index in [-0.39, 0.29) is 21.1 Å². The molecule has 4 N–H and O–H groups in total. The molecule has 0 aromatic carbocycles. The molecule has 9 heteroatoms. The Kier molecular flexibility index (Phi) is 3.72. The fourth-order valence-electron chi connectivity index (χ4n) is 2.34. The molecule has 3 aromatic rings. The van der Waals surface area contributed by atoms with Gasteiger partial charge in [0.15, 0.2) is 0 Å². The number of carbonyl (C=O) groups excluding carboxylic acids is 1. The Bertz CT molecular complexity index is 902. The van der Waals surface area contributed by atoms with E-state index in [4.69, 9.17) is 11.5 Å². The van der Waals surface area contributed by atoms with Gasteiger partial charge in [-0.1, -0.05) is 0 Å². The molecule has 0 saturated heterocycles. The largest absolute Gasteiger partial charge is 0.397 e. The summed E-state index contributed by atoms with van der Waals surface area (Å²) in [5, 5.41) is 4.59. The monoisotopic (exact) mass is 337 g/mol. The standard InChI is InChI=1S/C14H13F2N5OS/c1-2-21-5-6(4-19-21)7-3-8(12(15)16)20-14-9(7)10(17)11(23-14)13(18)22/h3-5,12H,2,17H2,1H3,(H2,18,22). The molecule has 3 rings (SSSR count). The number of nitrogen functional groups attached to an aromatic ring is 1. The summed E-state index contributed by atoms with van der Waals surface area (Å²) in [4.78, 5) is 15.7. The average Bonchev–Trinajstić information content (AvgIpc) is 3.11. The number of hydrogen-bond donors (Lipinski definition) is 2. The maximum absolute atomic E-state index is 13.1. The second kappa shape index (κ2) is 5.58. The van der Waals surface area contributed by atoms with Crippen LogP contribution in [0, 0.1) is 0 Å². The van der Waals surface area contributed by atoms with Gasteiger partial charge in [-0.15, -0.1) is 11.3 Å². The van der Waals surface area contributed by atoms with Crippen LogP contribution in [-0.4, -0.2) is 20.7 Å². The lowest BCUT2D eigenvalue weighted by Gasteiger charge is -2.06. The molecular formula is C14H13F2N5OS. The number of alkyl halides is 2. The SMILES string of the molecule is CCn1cc(-c2cc(C(F)F)nc3sc(C(N)=O)c(N)c23)cn1. The molecular weight excluding hydrogens is 324 g/mol. The Morgan fingerprint density at radius 2 is 2.22 bits per heavy atom. The topological polar surface area (TPSA) is 99.8 Å². The first-order valence-corrected chi connectivity index (χ1v) is 7.57. The summed E-state index contributed by atoms with van der Waals surface area (Å²) in [5.41, 5.74) is 12.2. The summed E-state index contributed by atoms with van der Waals surface area (Å²) in [5.74, 6) is -0.709. The van der Waals surface area contributed by atoms with E-state index < -0.39 is 12.3 Å². The third-order valence-electron chi connectivity index (χ3n) is 3.43. The zero-order chi connectivity index (χ0) is 16.7. The molecule has 3 aromatic heterocycles. The number of fused-ring (bicyclic) bond motifs is 1. The summed E-state index contributed by atoms with van der Waals surface area (Å²) >= 11 is 0.914. The van der Waals surface area contributed by atoms with Gasteiger partial charge in [0.2, 0.25) is 0 Å². The smallest absolute Gasteiger partial charge is 0.280 e. The molecule has 0 radical (unpaired) electrons. The van der Waals surface area contributed by atoms with E-state index in [9.17, 15) is 13.6 Å². The molecule has 120 valence electrons. The number of halogens is 2. The molecule has 0 bridgehead atoms. The van der Waals surface area contributed by atoms with Crippen LogP contribution in [0.5, 0.6) is 0 Å². The summed E-state index contributed by atoms with van der Waals surface area (Å²) in [6.07, 6.45) is 0.555. The number of pyridine rings is 1. The Balaban J connectivity index is 2.34. The summed E-state index contributed by atoms with van der Waals surface area (Å²) in [7, 11) is 0. The number of primary amides is 1. The van der Waals surface area contributed by atoms with Crippen molar-refractivity contribution in [1.82, 2.24) is 14.8 Å². The highest BCUT2D eigenvalue weighted by Gasteiger charge is 2.22. The quantitative estimate of drug-likeness (QED) is 0.764. The van der Waals surface area contributed by atoms with Gasteiger partial charge >= 0.3 is 0 Å². The zero-order valence-electron chi connectivity index (χ0n) is 12.1. The van der Waals surface area contributed by atoms with Gasteiger partial charge in [-0.2, -0.15) is 5.10 Å². The van der Waals surface area contributed by atoms with Crippen molar-refractivity contribution in [2.24, 2.45) is 5.73 Å². The van der Waals surface area contributed by atoms with Crippen LogP contribution in [0.3, 0.4) is 0 Å². The molecule has 0 aliphatic carbocycles. The number of hydrogen-bond acceptors (Lipinski definition) is 5. The molecule has 0 unspecified atom stereocenters. The van der Waals surface area contributed by atoms with Crippen molar-refractivity contribution in [2.75, 3.05) is 5.73 Å². The second-order valence-corrected chi connectivity index (χ2v) is 5.87. The van der Waals surface area contributed by atoms with E-state index in [1.807, 2.05) is 6.92 Å². The lowest BCUT2D eigenvalue weighted by atomic mass is 10.0. The first-order valence-electron chi connectivity index (χ1n) is 6.76. The van der Waals surface area contributed by atoms with Crippen LogP contribution in [0.4, 0.5) is 14.5 Å². The molecule has 0 saturated carbocycles. The molecule has 3 heterocycles. The van der Waals surface area contributed by atoms with Crippen LogP contribution < -0.4 is 11.5 Å². The number of aryl methyl sites for hydroxylation is 1. The van der Waals surface area contributed by atoms with Gasteiger partial charge in [0.25, 0.3) is 12.3 Å². The van der Waals surface area contributed by atoms with Gasteiger partial charge in [-0.25, -0.2) is 13.8 Å². The number of amides is 1. The third kappa shape index (κ3) is 2.52. The number of rotatable bonds is 4. The van der Waals surface area contributed by atoms with Crippen LogP contribution in [0.1, 0.15) is 28.7 Å². The van der Waals surface area contributed by atoms with Crippen molar-refractivity contribution in [3.63, 3.8) is 0 Å². The van der Waals surface area contributed by atoms with E-state index in [0.29, 0.717) is 23.1 Å². The van der Waals surface area contributed by atoms with E-state index in [2.05, 4.69) is 10.1 Å². The van der Waals surface area contributed by atoms with E-state index >= 15 is 0 Å². The van der Waals surface area contributed by atoms with Crippen molar-refractivity contribution in [3.05, 3.63) is 29.0 Å². The highest BCUT2D eigenvalue weighted by molar-refractivity contribution is 7.21. The van der Waals surface area contributed by atoms with Gasteiger partial charge in [-0.3, -0.25) is 9.48 Å². The minimum absolute atomic E-state index is 0.114. The average molecular weight is 337 g/mol. The van der Waals surface area contributed by atoms with Crippen LogP contribution >= 0.6 is 11.3 Å². The Morgan fingerprint density at radius 1 is 1.48 bits per heavy atom. The van der Waals surface area contributed by atoms with Crippen LogP contribution in [-0.2, 0) is 6.54 Å². The highest BCUT2D eigenvalue weighted by Crippen LogP contribution is 2.40. The van der Waals surface area contributed by atoms with Gasteiger partial charge in [0.1, 0.15) is 15.4 Å². The first kappa shape index (κ1) is 15.3. The third-order valence-corrected chi connectivity index (χ3v) is 4.55. The first-order chi connectivity index (χ1) is 10.9. The number of carbonyl (C=O) groups is 1. The summed E-state index contributed by atoms with van der Waals surface area (Å²) < 4.78 is 27.9. The number of thiophene rings is 1. The lowest BCUT2D eigenvalue weighted by Crippen LogP contribution is -2.10. The van der Waals surface area contributed by atoms with Crippen molar-refractivity contribution < 1.29 is 13.6 Å². The molecule has 23 heavy (non-hydrogen) atoms. The predicted octanol–water partition coefficient (Wildman–Crippen LogP) is 2.80. The van der Waals surface area contributed by atoms with Crippen molar-refractivity contribution >= 4 is 33.1 Å². The van der Waals surface area contributed by atoms with E-state index in [1.165, 1.54) is 6.07 Å². The van der Waals surface area contributed by atoms with E-state index in [0.717, 1.165) is 11.3 Å². The van der Waals surface area contributed by atoms with Gasteiger partial charge in [-0.05, 0) is 18.6 Å². The molecule has 0 aliphatic rings. The minimum atomic E-state index is -2.74. The molecule has 0 aliphatic heterocycles. The molecule has 0 spiro atoms. The number of aromatic nitrogens is 3. The summed E-state index contributed by atoms with van der Waals surface area (Å²) in [6.45, 7) is 2.55. The van der Waals surface area contributed by atoms with Crippen LogP contribution in [0.2, 0.25) is 0 Å². The molecule has 6 nitrogen and oxygen atoms in total. The van der Waals surface area contributed by atoms with Gasteiger partial charge in [0, 0.05) is 23.7 Å². The van der Waals surface area contributed by atoms with E-state index in [1.54, 1.807) is 17.1 Å². The predicted molar refractivity (Wildman–Crippen MR) is 84.4 cm³/mol. The summed E-state index contributed by atoms with van der Waals surface area (Å²) in [6, 6.07) is 1.28. The van der Waals surface area contributed by atoms with Crippen molar-refractivity contribution in [2.45, 2.75) is 19.9 Å². The maximum Gasteiger partial charge on any atom is 0.280 e. The Labute approximate surface area is 133 Å². The van der Waals surface area contributed by atoms with Crippen molar-refractivity contribution in [3.8, 4) is 11.1 Å². The van der Waals surface area contributed by atoms with Gasteiger partial charge in [0.05, 0.1) is 11.9 Å². The van der Waals surface area contributed by atoms with Crippen LogP contribution in [0.25, 0.3) is 21.3 Å².